The van der Waals surface area contributed by atoms with Crippen molar-refractivity contribution in [3.05, 3.63) is 64.7 Å². The number of ether oxygens (including phenoxy) is 1. The number of hydrogen-bond donors (Lipinski definition) is 0. The fourth-order valence-corrected chi connectivity index (χ4v) is 3.50. The van der Waals surface area contributed by atoms with E-state index >= 15 is 0 Å². The van der Waals surface area contributed by atoms with Gasteiger partial charge in [0.1, 0.15) is 5.75 Å². The normalized spacial score (nSPS) is 14.2. The lowest BCUT2D eigenvalue weighted by Gasteiger charge is -2.35. The fourth-order valence-electron chi connectivity index (χ4n) is 3.27. The van der Waals surface area contributed by atoms with E-state index < -0.39 is 6.61 Å². The van der Waals surface area contributed by atoms with Crippen molar-refractivity contribution in [1.82, 2.24) is 9.80 Å². The maximum atomic E-state index is 12.7. The van der Waals surface area contributed by atoms with Gasteiger partial charge in [-0.25, -0.2) is 0 Å². The summed E-state index contributed by atoms with van der Waals surface area (Å²) in [5.74, 6) is -0.534. The molecule has 1 fully saturated rings. The number of benzene rings is 2. The minimum atomic E-state index is -3.00. The third kappa shape index (κ3) is 5.44. The number of amides is 2. The zero-order chi connectivity index (χ0) is 20.8. The summed E-state index contributed by atoms with van der Waals surface area (Å²) >= 11 is 6.12. The van der Waals surface area contributed by atoms with Crippen molar-refractivity contribution in [3.8, 4) is 5.75 Å². The van der Waals surface area contributed by atoms with Crippen LogP contribution < -0.4 is 4.74 Å². The molecule has 2 amide bonds. The van der Waals surface area contributed by atoms with Gasteiger partial charge in [0.2, 0.25) is 5.91 Å². The van der Waals surface area contributed by atoms with Crippen molar-refractivity contribution in [3.63, 3.8) is 0 Å². The summed E-state index contributed by atoms with van der Waals surface area (Å²) in [6.07, 6.45) is 0.888. The lowest BCUT2D eigenvalue weighted by atomic mass is 10.1. The summed E-state index contributed by atoms with van der Waals surface area (Å²) in [7, 11) is 0. The maximum absolute atomic E-state index is 12.7. The van der Waals surface area contributed by atoms with Crippen molar-refractivity contribution in [2.75, 3.05) is 26.2 Å². The molecular weight excluding hydrogens is 402 g/mol. The van der Waals surface area contributed by atoms with E-state index in [9.17, 15) is 18.4 Å². The molecule has 154 valence electrons. The number of nitrogens with zero attached hydrogens (tertiary/aromatic N) is 2. The predicted molar refractivity (Wildman–Crippen MR) is 105 cm³/mol. The van der Waals surface area contributed by atoms with Gasteiger partial charge in [-0.1, -0.05) is 41.9 Å². The second-order valence-corrected chi connectivity index (χ2v) is 7.05. The number of hydrogen-bond acceptors (Lipinski definition) is 3. The van der Waals surface area contributed by atoms with E-state index in [1.165, 1.54) is 18.2 Å². The molecule has 1 saturated heterocycles. The smallest absolute Gasteiger partial charge is 0.387 e. The van der Waals surface area contributed by atoms with Gasteiger partial charge in [-0.05, 0) is 30.2 Å². The molecule has 1 heterocycles. The van der Waals surface area contributed by atoms with Gasteiger partial charge in [-0.3, -0.25) is 9.59 Å². The van der Waals surface area contributed by atoms with E-state index in [1.54, 1.807) is 21.9 Å². The zero-order valence-corrected chi connectivity index (χ0v) is 16.4. The van der Waals surface area contributed by atoms with E-state index in [1.807, 2.05) is 18.2 Å². The highest BCUT2D eigenvalue weighted by Gasteiger charge is 2.26. The molecule has 0 aromatic heterocycles. The minimum absolute atomic E-state index is 0.00143. The van der Waals surface area contributed by atoms with Crippen LogP contribution in [0.3, 0.4) is 0 Å². The van der Waals surface area contributed by atoms with Gasteiger partial charge in [-0.2, -0.15) is 8.78 Å². The second-order valence-electron chi connectivity index (χ2n) is 6.64. The zero-order valence-electron chi connectivity index (χ0n) is 15.7. The summed E-state index contributed by atoms with van der Waals surface area (Å²) in [6, 6.07) is 13.3. The SMILES string of the molecule is O=C(CCc1ccccc1Cl)N1CCN(C(=O)c2ccccc2OC(F)F)CC1. The molecule has 1 aliphatic rings. The molecule has 29 heavy (non-hydrogen) atoms. The van der Waals surface area contributed by atoms with Crippen LogP contribution in [0.2, 0.25) is 5.02 Å². The molecule has 0 atom stereocenters. The van der Waals surface area contributed by atoms with Crippen LogP contribution in [0.4, 0.5) is 8.78 Å². The lowest BCUT2D eigenvalue weighted by Crippen LogP contribution is -2.50. The molecule has 0 spiro atoms. The van der Waals surface area contributed by atoms with Gasteiger partial charge in [-0.15, -0.1) is 0 Å². The van der Waals surface area contributed by atoms with E-state index in [0.29, 0.717) is 44.0 Å². The molecule has 2 aromatic rings. The molecule has 3 rings (SSSR count). The third-order valence-electron chi connectivity index (χ3n) is 4.82. The van der Waals surface area contributed by atoms with E-state index in [4.69, 9.17) is 11.6 Å². The standard InChI is InChI=1S/C21H21ClF2N2O3/c22-17-7-3-1-5-15(17)9-10-19(27)25-11-13-26(14-12-25)20(28)16-6-2-4-8-18(16)29-21(23)24/h1-8,21H,9-14H2. The van der Waals surface area contributed by atoms with E-state index in [0.717, 1.165) is 5.56 Å². The Hall–Kier alpha value is -2.67. The number of rotatable bonds is 6. The summed E-state index contributed by atoms with van der Waals surface area (Å²) in [5.41, 5.74) is 1.01. The van der Waals surface area contributed by atoms with Crippen LogP contribution in [0.15, 0.2) is 48.5 Å². The van der Waals surface area contributed by atoms with Gasteiger partial charge in [0, 0.05) is 37.6 Å². The quantitative estimate of drug-likeness (QED) is 0.710. The maximum Gasteiger partial charge on any atom is 0.387 e. The Morgan fingerprint density at radius 3 is 2.28 bits per heavy atom. The summed E-state index contributed by atoms with van der Waals surface area (Å²) in [5, 5.41) is 0.639. The number of halogens is 3. The molecule has 8 heteroatoms. The highest BCUT2D eigenvalue weighted by molar-refractivity contribution is 6.31. The largest absolute Gasteiger partial charge is 0.434 e. The average Bonchev–Trinajstić information content (AvgIpc) is 2.72. The molecule has 0 radical (unpaired) electrons. The van der Waals surface area contributed by atoms with Gasteiger partial charge in [0.05, 0.1) is 5.56 Å². The molecule has 1 aliphatic heterocycles. The van der Waals surface area contributed by atoms with Gasteiger partial charge in [0.25, 0.3) is 5.91 Å². The van der Waals surface area contributed by atoms with Crippen LogP contribution in [0.1, 0.15) is 22.3 Å². The fraction of sp³-hybridized carbons (Fsp3) is 0.333. The number of piperazine rings is 1. The Kier molecular flexibility index (Phi) is 7.04. The average molecular weight is 423 g/mol. The van der Waals surface area contributed by atoms with Crippen LogP contribution in [0.5, 0.6) is 5.75 Å². The Labute approximate surface area is 172 Å². The van der Waals surface area contributed by atoms with Crippen LogP contribution in [-0.2, 0) is 11.2 Å². The highest BCUT2D eigenvalue weighted by atomic mass is 35.5. The molecule has 0 bridgehead atoms. The Balaban J connectivity index is 1.54. The summed E-state index contributed by atoms with van der Waals surface area (Å²) in [4.78, 5) is 28.4. The Morgan fingerprint density at radius 2 is 1.59 bits per heavy atom. The summed E-state index contributed by atoms with van der Waals surface area (Å²) < 4.78 is 29.6. The van der Waals surface area contributed by atoms with Crippen LogP contribution in [0.25, 0.3) is 0 Å². The number of para-hydroxylation sites is 1. The van der Waals surface area contributed by atoms with Crippen molar-refractivity contribution < 1.29 is 23.1 Å². The molecule has 5 nitrogen and oxygen atoms in total. The topological polar surface area (TPSA) is 49.9 Å². The lowest BCUT2D eigenvalue weighted by molar-refractivity contribution is -0.132. The number of aryl methyl sites for hydroxylation is 1. The Bertz CT molecular complexity index is 871. The Morgan fingerprint density at radius 1 is 0.966 bits per heavy atom. The van der Waals surface area contributed by atoms with Crippen LogP contribution >= 0.6 is 11.6 Å². The molecule has 0 aliphatic carbocycles. The first-order chi connectivity index (χ1) is 14.0. The van der Waals surface area contributed by atoms with Crippen molar-refractivity contribution in [1.29, 1.82) is 0 Å². The van der Waals surface area contributed by atoms with Gasteiger partial charge >= 0.3 is 6.61 Å². The monoisotopic (exact) mass is 422 g/mol. The second kappa shape index (κ2) is 9.69. The first kappa shape index (κ1) is 21.0. The van der Waals surface area contributed by atoms with E-state index in [2.05, 4.69) is 4.74 Å². The number of carbonyl (C=O) groups excluding carboxylic acids is 2. The van der Waals surface area contributed by atoms with Gasteiger partial charge < -0.3 is 14.5 Å². The highest BCUT2D eigenvalue weighted by Crippen LogP contribution is 2.23. The molecule has 2 aromatic carbocycles. The predicted octanol–water partition coefficient (Wildman–Crippen LogP) is 3.86. The van der Waals surface area contributed by atoms with Crippen molar-refractivity contribution in [2.24, 2.45) is 0 Å². The first-order valence-corrected chi connectivity index (χ1v) is 9.68. The van der Waals surface area contributed by atoms with Gasteiger partial charge in [0.15, 0.2) is 0 Å². The van der Waals surface area contributed by atoms with Crippen molar-refractivity contribution in [2.45, 2.75) is 19.5 Å². The minimum Gasteiger partial charge on any atom is -0.434 e. The number of carbonyl (C=O) groups is 2. The molecule has 0 N–H and O–H groups in total. The first-order valence-electron chi connectivity index (χ1n) is 9.30. The molecule has 0 unspecified atom stereocenters. The van der Waals surface area contributed by atoms with Crippen LogP contribution in [0, 0.1) is 0 Å². The van der Waals surface area contributed by atoms with Crippen LogP contribution in [-0.4, -0.2) is 54.4 Å². The number of alkyl halides is 2. The third-order valence-corrected chi connectivity index (χ3v) is 5.19. The molecule has 0 saturated carbocycles. The molecular formula is C21H21ClF2N2O3. The van der Waals surface area contributed by atoms with E-state index in [-0.39, 0.29) is 23.1 Å². The summed E-state index contributed by atoms with van der Waals surface area (Å²) in [6.45, 7) is -1.55. The van der Waals surface area contributed by atoms with Crippen molar-refractivity contribution >= 4 is 23.4 Å².